The lowest BCUT2D eigenvalue weighted by molar-refractivity contribution is -0.0708. The number of morpholine rings is 1. The summed E-state index contributed by atoms with van der Waals surface area (Å²) in [7, 11) is 0. The Balaban J connectivity index is 0.00000392. The van der Waals surface area contributed by atoms with E-state index >= 15 is 0 Å². The van der Waals surface area contributed by atoms with Gasteiger partial charge in [-0.05, 0) is 49.1 Å². The van der Waals surface area contributed by atoms with Gasteiger partial charge < -0.3 is 4.74 Å². The first-order chi connectivity index (χ1) is 12.3. The van der Waals surface area contributed by atoms with Crippen molar-refractivity contribution in [2.75, 3.05) is 19.6 Å². The van der Waals surface area contributed by atoms with E-state index in [2.05, 4.69) is 20.8 Å². The highest BCUT2D eigenvalue weighted by Crippen LogP contribution is 2.27. The minimum atomic E-state index is -1.94. The number of benzene rings is 1. The van der Waals surface area contributed by atoms with Crippen molar-refractivity contribution in [2.24, 2.45) is 5.89 Å². The molecule has 0 N–H and O–H groups in total. The number of rotatable bonds is 6. The highest BCUT2D eigenvalue weighted by atomic mass is 35.5. The molecule has 2 nitrogen and oxygen atoms in total. The van der Waals surface area contributed by atoms with Crippen molar-refractivity contribution in [1.82, 2.24) is 4.90 Å². The highest BCUT2D eigenvalue weighted by molar-refractivity contribution is 5.85. The van der Waals surface area contributed by atoms with Gasteiger partial charge >= 0.3 is 0 Å². The van der Waals surface area contributed by atoms with Crippen LogP contribution in [0.5, 0.6) is 0 Å². The summed E-state index contributed by atoms with van der Waals surface area (Å²) in [4.78, 5) is 1.68. The van der Waals surface area contributed by atoms with E-state index in [1.54, 1.807) is 11.8 Å². The van der Waals surface area contributed by atoms with E-state index in [9.17, 15) is 0 Å². The first kappa shape index (κ1) is 15.7. The topological polar surface area (TPSA) is 12.5 Å². The summed E-state index contributed by atoms with van der Waals surface area (Å²) < 4.78 is 40.6. The van der Waals surface area contributed by atoms with Gasteiger partial charge in [-0.25, -0.2) is 0 Å². The summed E-state index contributed by atoms with van der Waals surface area (Å²) in [6.45, 7) is 10.8. The fourth-order valence-corrected chi connectivity index (χ4v) is 3.04. The average Bonchev–Trinajstić information content (AvgIpc) is 2.60. The number of hydrogen-bond donors (Lipinski definition) is 0. The van der Waals surface area contributed by atoms with Crippen LogP contribution >= 0.6 is 12.4 Å². The highest BCUT2D eigenvalue weighted by Gasteiger charge is 2.23. The van der Waals surface area contributed by atoms with Crippen LogP contribution < -0.4 is 0 Å². The minimum absolute atomic E-state index is 0. The van der Waals surface area contributed by atoms with Gasteiger partial charge in [-0.2, -0.15) is 0 Å². The molecular formula is C21H36ClNO. The van der Waals surface area contributed by atoms with E-state index in [1.165, 1.54) is 5.56 Å². The van der Waals surface area contributed by atoms with Crippen LogP contribution in [-0.2, 0) is 16.5 Å². The van der Waals surface area contributed by atoms with E-state index in [1.807, 2.05) is 38.1 Å². The van der Waals surface area contributed by atoms with Crippen LogP contribution in [0.15, 0.2) is 24.3 Å². The average molecular weight is 358 g/mol. The Labute approximate surface area is 161 Å². The lowest BCUT2D eigenvalue weighted by Crippen LogP contribution is -2.47. The SMILES string of the molecule is Cl.[2H]C(c1ccc(C(C)(C)CC)cc1)C([2H])(C)C([2H])([2H])N1C[C@@H](C)O[C@@H](C)C1. The van der Waals surface area contributed by atoms with Gasteiger partial charge in [-0.3, -0.25) is 4.90 Å². The van der Waals surface area contributed by atoms with E-state index in [0.29, 0.717) is 18.7 Å². The van der Waals surface area contributed by atoms with Crippen molar-refractivity contribution in [3.8, 4) is 0 Å². The van der Waals surface area contributed by atoms with E-state index in [0.717, 1.165) is 6.42 Å². The summed E-state index contributed by atoms with van der Waals surface area (Å²) in [6.07, 6.45) is -0.138. The summed E-state index contributed by atoms with van der Waals surface area (Å²) in [5, 5.41) is 0. The summed E-state index contributed by atoms with van der Waals surface area (Å²) >= 11 is 0. The van der Waals surface area contributed by atoms with Crippen LogP contribution in [0.4, 0.5) is 0 Å². The van der Waals surface area contributed by atoms with Crippen molar-refractivity contribution in [3.05, 3.63) is 35.4 Å². The molecule has 1 aliphatic heterocycles. The molecule has 24 heavy (non-hydrogen) atoms. The molecule has 1 aliphatic rings. The molecule has 2 unspecified atom stereocenters. The molecule has 2 rings (SSSR count). The minimum Gasteiger partial charge on any atom is -0.373 e. The molecule has 0 amide bonds. The molecule has 0 radical (unpaired) electrons. The number of hydrogen-bond acceptors (Lipinski definition) is 2. The third-order valence-corrected chi connectivity index (χ3v) is 4.71. The predicted octanol–water partition coefficient (Wildman–Crippen LogP) is 5.08. The lowest BCUT2D eigenvalue weighted by Gasteiger charge is -2.36. The van der Waals surface area contributed by atoms with Crippen molar-refractivity contribution < 1.29 is 10.2 Å². The van der Waals surface area contributed by atoms with Gasteiger partial charge in [0.25, 0.3) is 0 Å². The van der Waals surface area contributed by atoms with Crippen LogP contribution in [0, 0.1) is 5.89 Å². The smallest absolute Gasteiger partial charge is 0.0678 e. The zero-order valence-electron chi connectivity index (χ0n) is 19.9. The van der Waals surface area contributed by atoms with Gasteiger partial charge in [0, 0.05) is 25.1 Å². The van der Waals surface area contributed by atoms with Crippen LogP contribution in [-0.4, -0.2) is 36.7 Å². The van der Waals surface area contributed by atoms with E-state index in [-0.39, 0.29) is 30.0 Å². The molecule has 138 valence electrons. The van der Waals surface area contributed by atoms with Crippen molar-refractivity contribution >= 4 is 12.4 Å². The standard InChI is InChI=1S/C21H35NO.ClH/c1-7-21(5,6)20-10-8-19(9-11-20)12-16(2)13-22-14-17(3)23-18(4)15-22;/h8-11,16-18H,7,12-15H2,1-6H3;1H/t16?,17-,18+;/i12D,13D2,16D;/t12?,16?,17-,18+;. The van der Waals surface area contributed by atoms with Gasteiger partial charge in [0.2, 0.25) is 0 Å². The van der Waals surface area contributed by atoms with Crippen molar-refractivity contribution in [1.29, 1.82) is 0 Å². The van der Waals surface area contributed by atoms with Crippen molar-refractivity contribution in [3.63, 3.8) is 0 Å². The Kier molecular flexibility index (Phi) is 6.02. The van der Waals surface area contributed by atoms with Gasteiger partial charge in [0.05, 0.1) is 12.2 Å². The zero-order chi connectivity index (χ0) is 20.6. The van der Waals surface area contributed by atoms with Gasteiger partial charge in [-0.1, -0.05) is 52.0 Å². The second kappa shape index (κ2) is 9.22. The fourth-order valence-electron chi connectivity index (χ4n) is 3.04. The third kappa shape index (κ3) is 6.06. The second-order valence-electron chi connectivity index (χ2n) is 7.46. The number of halogens is 1. The molecule has 3 heteroatoms. The maximum Gasteiger partial charge on any atom is 0.0678 e. The molecule has 1 saturated heterocycles. The molecule has 1 aromatic carbocycles. The molecule has 0 saturated carbocycles. The summed E-state index contributed by atoms with van der Waals surface area (Å²) in [5.74, 6) is -1.62. The molecule has 1 heterocycles. The maximum absolute atomic E-state index is 8.81. The molecule has 4 atom stereocenters. The Morgan fingerprint density at radius 3 is 2.29 bits per heavy atom. The predicted molar refractivity (Wildman–Crippen MR) is 106 cm³/mol. The summed E-state index contributed by atoms with van der Waals surface area (Å²) in [5.41, 5.74) is 1.95. The lowest BCUT2D eigenvalue weighted by atomic mass is 9.82. The second-order valence-corrected chi connectivity index (χ2v) is 7.46. The third-order valence-electron chi connectivity index (χ3n) is 4.71. The normalized spacial score (nSPS) is 29.2. The fraction of sp³-hybridized carbons (Fsp3) is 0.714. The van der Waals surface area contributed by atoms with Crippen LogP contribution in [0.2, 0.25) is 0 Å². The van der Waals surface area contributed by atoms with Gasteiger partial charge in [0.1, 0.15) is 0 Å². The maximum atomic E-state index is 8.81. The quantitative estimate of drug-likeness (QED) is 0.703. The molecule has 0 aromatic heterocycles. The Bertz CT molecular complexity index is 626. The molecule has 0 spiro atoms. The van der Waals surface area contributed by atoms with Crippen LogP contribution in [0.3, 0.4) is 0 Å². The first-order valence-corrected chi connectivity index (χ1v) is 8.76. The Morgan fingerprint density at radius 1 is 1.25 bits per heavy atom. The molecule has 1 aromatic rings. The number of nitrogens with zero attached hydrogens (tertiary/aromatic N) is 1. The molecule has 1 fully saturated rings. The molecule has 0 aliphatic carbocycles. The monoisotopic (exact) mass is 357 g/mol. The van der Waals surface area contributed by atoms with Crippen LogP contribution in [0.25, 0.3) is 0 Å². The van der Waals surface area contributed by atoms with Crippen LogP contribution in [0.1, 0.15) is 64.6 Å². The van der Waals surface area contributed by atoms with E-state index < -0.39 is 18.8 Å². The van der Waals surface area contributed by atoms with Gasteiger partial charge in [-0.15, -0.1) is 12.4 Å². The van der Waals surface area contributed by atoms with Gasteiger partial charge in [0.15, 0.2) is 0 Å². The zero-order valence-corrected chi connectivity index (χ0v) is 16.7. The Morgan fingerprint density at radius 2 is 1.79 bits per heavy atom. The largest absolute Gasteiger partial charge is 0.373 e. The summed E-state index contributed by atoms with van der Waals surface area (Å²) in [6, 6.07) is 7.81. The Hall–Kier alpha value is -0.570. The first-order valence-electron chi connectivity index (χ1n) is 10.8. The molecular weight excluding hydrogens is 318 g/mol. The molecule has 0 bridgehead atoms. The van der Waals surface area contributed by atoms with Crippen molar-refractivity contribution in [2.45, 2.75) is 72.0 Å². The number of ether oxygens (including phenoxy) is 1. The van der Waals surface area contributed by atoms with E-state index in [4.69, 9.17) is 10.2 Å².